The summed E-state index contributed by atoms with van der Waals surface area (Å²) in [4.78, 5) is 22.1. The zero-order valence-electron chi connectivity index (χ0n) is 16.5. The van der Waals surface area contributed by atoms with Crippen LogP contribution in [0, 0.1) is 20.8 Å². The maximum atomic E-state index is 13.1. The Kier molecular flexibility index (Phi) is 3.87. The number of hydrogen-bond acceptors (Lipinski definition) is 4. The Morgan fingerprint density at radius 3 is 2.83 bits per heavy atom. The summed E-state index contributed by atoms with van der Waals surface area (Å²) >= 11 is 0. The molecule has 144 valence electrons. The van der Waals surface area contributed by atoms with Gasteiger partial charge in [-0.05, 0) is 56.2 Å². The van der Waals surface area contributed by atoms with E-state index in [4.69, 9.17) is 4.42 Å². The number of fused-ring (bicyclic) bond motifs is 2. The fourth-order valence-corrected chi connectivity index (χ4v) is 4.02. The molecular formula is C23H20N4O2. The summed E-state index contributed by atoms with van der Waals surface area (Å²) in [5.74, 6) is -0.131. The van der Waals surface area contributed by atoms with E-state index in [0.29, 0.717) is 12.1 Å². The molecule has 4 heterocycles. The average Bonchev–Trinajstić information content (AvgIpc) is 3.42. The fourth-order valence-electron chi connectivity index (χ4n) is 4.02. The van der Waals surface area contributed by atoms with Crippen molar-refractivity contribution in [2.75, 3.05) is 5.32 Å². The molecule has 3 aromatic heterocycles. The van der Waals surface area contributed by atoms with E-state index in [1.165, 1.54) is 0 Å². The van der Waals surface area contributed by atoms with Crippen LogP contribution in [-0.2, 0) is 6.54 Å². The molecule has 1 aliphatic rings. The summed E-state index contributed by atoms with van der Waals surface area (Å²) in [6.07, 6.45) is 5.09. The van der Waals surface area contributed by atoms with Gasteiger partial charge in [-0.1, -0.05) is 6.07 Å². The van der Waals surface area contributed by atoms with Crippen molar-refractivity contribution in [3.8, 4) is 0 Å². The average molecular weight is 384 g/mol. The molecule has 0 saturated heterocycles. The highest BCUT2D eigenvalue weighted by Gasteiger charge is 2.21. The van der Waals surface area contributed by atoms with Gasteiger partial charge in [0.25, 0.3) is 5.91 Å². The number of nitrogens with one attached hydrogen (secondary N) is 1. The second-order valence-corrected chi connectivity index (χ2v) is 7.38. The minimum atomic E-state index is -0.131. The lowest BCUT2D eigenvalue weighted by molar-refractivity contribution is 0.102. The predicted octanol–water partition coefficient (Wildman–Crippen LogP) is 4.46. The second-order valence-electron chi connectivity index (χ2n) is 7.38. The Morgan fingerprint density at radius 1 is 1.17 bits per heavy atom. The number of benzene rings is 1. The number of hydrogen-bond donors (Lipinski definition) is 1. The predicted molar refractivity (Wildman–Crippen MR) is 112 cm³/mol. The monoisotopic (exact) mass is 384 g/mol. The summed E-state index contributed by atoms with van der Waals surface area (Å²) < 4.78 is 7.16. The Labute approximate surface area is 167 Å². The molecule has 0 unspecified atom stereocenters. The topological polar surface area (TPSA) is 71.9 Å². The highest BCUT2D eigenvalue weighted by atomic mass is 16.3. The standard InChI is InChI=1S/C23H20N4O2/c1-13-8-20-14(2)25-12-27(20)15(3)21(13)23(28)26-18-5-4-16-10-24-22(19(16)9-18)17-6-7-29-11-17/h4-9,11-12H,10H2,1-3H3,(H,26,28). The van der Waals surface area contributed by atoms with Gasteiger partial charge in [-0.15, -0.1) is 0 Å². The Balaban J connectivity index is 1.49. The van der Waals surface area contributed by atoms with E-state index < -0.39 is 0 Å². The fraction of sp³-hybridized carbons (Fsp3) is 0.174. The van der Waals surface area contributed by atoms with Crippen LogP contribution in [0.25, 0.3) is 5.52 Å². The van der Waals surface area contributed by atoms with Gasteiger partial charge in [0.2, 0.25) is 0 Å². The van der Waals surface area contributed by atoms with Crippen molar-refractivity contribution in [1.82, 2.24) is 9.38 Å². The summed E-state index contributed by atoms with van der Waals surface area (Å²) in [6, 6.07) is 9.83. The van der Waals surface area contributed by atoms with Crippen molar-refractivity contribution in [2.45, 2.75) is 27.3 Å². The SMILES string of the molecule is Cc1cc2c(C)ncn2c(C)c1C(=O)Nc1ccc2c(c1)C(c1ccoc1)=NC2. The van der Waals surface area contributed by atoms with Gasteiger partial charge < -0.3 is 14.1 Å². The molecule has 1 aromatic carbocycles. The first kappa shape index (κ1) is 17.4. The van der Waals surface area contributed by atoms with Gasteiger partial charge in [0.15, 0.2) is 0 Å². The van der Waals surface area contributed by atoms with Crippen LogP contribution < -0.4 is 5.32 Å². The van der Waals surface area contributed by atoms with E-state index in [0.717, 1.165) is 50.6 Å². The van der Waals surface area contributed by atoms with Gasteiger partial charge in [0, 0.05) is 22.5 Å². The highest BCUT2D eigenvalue weighted by molar-refractivity contribution is 6.16. The normalized spacial score (nSPS) is 12.9. The van der Waals surface area contributed by atoms with Crippen LogP contribution in [0.3, 0.4) is 0 Å². The number of nitrogens with zero attached hydrogens (tertiary/aromatic N) is 3. The van der Waals surface area contributed by atoms with E-state index in [-0.39, 0.29) is 5.91 Å². The molecule has 6 nitrogen and oxygen atoms in total. The van der Waals surface area contributed by atoms with Crippen molar-refractivity contribution in [2.24, 2.45) is 4.99 Å². The van der Waals surface area contributed by atoms with E-state index >= 15 is 0 Å². The molecule has 29 heavy (non-hydrogen) atoms. The second kappa shape index (κ2) is 6.44. The molecule has 4 aromatic rings. The summed E-state index contributed by atoms with van der Waals surface area (Å²) in [5, 5.41) is 3.06. The lowest BCUT2D eigenvalue weighted by Gasteiger charge is -2.14. The third-order valence-electron chi connectivity index (χ3n) is 5.52. The van der Waals surface area contributed by atoms with E-state index in [9.17, 15) is 4.79 Å². The zero-order chi connectivity index (χ0) is 20.1. The molecule has 0 bridgehead atoms. The van der Waals surface area contributed by atoms with Gasteiger partial charge in [-0.25, -0.2) is 4.98 Å². The van der Waals surface area contributed by atoms with Crippen LogP contribution >= 0.6 is 0 Å². The van der Waals surface area contributed by atoms with Crippen LogP contribution in [0.15, 0.2) is 58.6 Å². The van der Waals surface area contributed by atoms with Crippen molar-refractivity contribution >= 4 is 22.8 Å². The van der Waals surface area contributed by atoms with Gasteiger partial charge >= 0.3 is 0 Å². The number of anilines is 1. The molecule has 1 N–H and O–H groups in total. The smallest absolute Gasteiger partial charge is 0.257 e. The quantitative estimate of drug-likeness (QED) is 0.567. The highest BCUT2D eigenvalue weighted by Crippen LogP contribution is 2.27. The molecule has 0 atom stereocenters. The molecular weight excluding hydrogens is 364 g/mol. The Morgan fingerprint density at radius 2 is 2.03 bits per heavy atom. The number of carbonyl (C=O) groups excluding carboxylic acids is 1. The van der Waals surface area contributed by atoms with Gasteiger partial charge in [0.05, 0.1) is 47.9 Å². The molecule has 1 amide bonds. The number of aryl methyl sites for hydroxylation is 3. The van der Waals surface area contributed by atoms with Crippen LogP contribution in [0.5, 0.6) is 0 Å². The van der Waals surface area contributed by atoms with Crippen LogP contribution in [-0.4, -0.2) is 21.0 Å². The maximum Gasteiger partial charge on any atom is 0.257 e. The number of pyridine rings is 1. The number of furan rings is 1. The maximum absolute atomic E-state index is 13.1. The number of amides is 1. The van der Waals surface area contributed by atoms with Crippen LogP contribution in [0.4, 0.5) is 5.69 Å². The Hall–Kier alpha value is -3.67. The lowest BCUT2D eigenvalue weighted by atomic mass is 10.0. The molecule has 0 spiro atoms. The summed E-state index contributed by atoms with van der Waals surface area (Å²) in [7, 11) is 0. The largest absolute Gasteiger partial charge is 0.472 e. The first-order valence-electron chi connectivity index (χ1n) is 9.48. The molecule has 0 aliphatic carbocycles. The van der Waals surface area contributed by atoms with Gasteiger partial charge in [0.1, 0.15) is 0 Å². The molecule has 1 aliphatic heterocycles. The first-order valence-corrected chi connectivity index (χ1v) is 9.48. The zero-order valence-corrected chi connectivity index (χ0v) is 16.5. The van der Waals surface area contributed by atoms with Crippen molar-refractivity contribution in [3.63, 3.8) is 0 Å². The third-order valence-corrected chi connectivity index (χ3v) is 5.52. The minimum absolute atomic E-state index is 0.131. The number of carbonyl (C=O) groups is 1. The number of aromatic nitrogens is 2. The number of aliphatic imine (C=N–C) groups is 1. The molecule has 6 heteroatoms. The van der Waals surface area contributed by atoms with Crippen molar-refractivity contribution in [3.05, 3.63) is 88.4 Å². The van der Waals surface area contributed by atoms with Gasteiger partial charge in [-0.3, -0.25) is 9.79 Å². The van der Waals surface area contributed by atoms with Crippen LogP contribution in [0.1, 0.15) is 44.0 Å². The van der Waals surface area contributed by atoms with E-state index in [2.05, 4.69) is 15.3 Å². The number of imidazole rings is 1. The van der Waals surface area contributed by atoms with Crippen molar-refractivity contribution in [1.29, 1.82) is 0 Å². The molecule has 5 rings (SSSR count). The van der Waals surface area contributed by atoms with Crippen molar-refractivity contribution < 1.29 is 9.21 Å². The minimum Gasteiger partial charge on any atom is -0.472 e. The number of rotatable bonds is 3. The lowest BCUT2D eigenvalue weighted by Crippen LogP contribution is -2.17. The third kappa shape index (κ3) is 2.76. The van der Waals surface area contributed by atoms with Gasteiger partial charge in [-0.2, -0.15) is 0 Å². The molecule has 0 saturated carbocycles. The van der Waals surface area contributed by atoms with E-state index in [1.807, 2.05) is 55.5 Å². The molecule has 0 radical (unpaired) electrons. The van der Waals surface area contributed by atoms with E-state index in [1.54, 1.807) is 18.9 Å². The Bertz CT molecular complexity index is 1300. The summed E-state index contributed by atoms with van der Waals surface area (Å²) in [6.45, 7) is 6.51. The summed E-state index contributed by atoms with van der Waals surface area (Å²) in [5.41, 5.74) is 9.19. The first-order chi connectivity index (χ1) is 14.0. The van der Waals surface area contributed by atoms with Crippen LogP contribution in [0.2, 0.25) is 0 Å². The molecule has 0 fully saturated rings.